The van der Waals surface area contributed by atoms with Crippen molar-refractivity contribution in [2.24, 2.45) is 0 Å². The third kappa shape index (κ3) is 2.86. The highest BCUT2D eigenvalue weighted by atomic mass is 32.1. The van der Waals surface area contributed by atoms with Crippen molar-refractivity contribution in [3.8, 4) is 6.07 Å². The molecule has 1 N–H and O–H groups in total. The Morgan fingerprint density at radius 3 is 3.14 bits per heavy atom. The molecule has 2 aromatic rings. The van der Waals surface area contributed by atoms with Crippen molar-refractivity contribution < 1.29 is 4.79 Å². The van der Waals surface area contributed by atoms with Crippen LogP contribution in [-0.2, 0) is 24.3 Å². The molecular weight excluding hydrogens is 300 g/mol. The maximum atomic E-state index is 12.1. The number of carbonyl (C=O) groups excluding carboxylic acids is 1. The third-order valence-electron chi connectivity index (χ3n) is 3.63. The Morgan fingerprint density at radius 1 is 1.50 bits per heavy atom. The zero-order valence-electron chi connectivity index (χ0n) is 12.2. The average molecular weight is 316 g/mol. The van der Waals surface area contributed by atoms with Crippen LogP contribution in [0.5, 0.6) is 0 Å². The molecule has 0 bridgehead atoms. The SMILES string of the molecule is CCc1nnc2n1CCN(CC(=O)Nc1sccc1C#N)C2. The van der Waals surface area contributed by atoms with Gasteiger partial charge in [-0.25, -0.2) is 0 Å². The fourth-order valence-corrected chi connectivity index (χ4v) is 3.28. The molecule has 0 unspecified atom stereocenters. The van der Waals surface area contributed by atoms with Crippen LogP contribution in [0.15, 0.2) is 11.4 Å². The van der Waals surface area contributed by atoms with Crippen LogP contribution in [0.1, 0.15) is 24.1 Å². The van der Waals surface area contributed by atoms with E-state index >= 15 is 0 Å². The number of carbonyl (C=O) groups is 1. The fraction of sp³-hybridized carbons (Fsp3) is 0.429. The Kier molecular flexibility index (Phi) is 4.18. The fourth-order valence-electron chi connectivity index (χ4n) is 2.53. The molecular formula is C14H16N6OS. The van der Waals surface area contributed by atoms with E-state index in [2.05, 4.69) is 33.1 Å². The molecule has 0 aromatic carbocycles. The van der Waals surface area contributed by atoms with Gasteiger partial charge in [0.2, 0.25) is 5.91 Å². The summed E-state index contributed by atoms with van der Waals surface area (Å²) in [4.78, 5) is 14.2. The van der Waals surface area contributed by atoms with Crippen molar-refractivity contribution in [1.29, 1.82) is 5.26 Å². The summed E-state index contributed by atoms with van der Waals surface area (Å²) in [5, 5.41) is 22.5. The summed E-state index contributed by atoms with van der Waals surface area (Å²) in [5.41, 5.74) is 0.504. The van der Waals surface area contributed by atoms with Gasteiger partial charge in [-0.3, -0.25) is 9.69 Å². The number of amides is 1. The first-order valence-corrected chi connectivity index (χ1v) is 8.00. The van der Waals surface area contributed by atoms with Crippen molar-refractivity contribution in [3.63, 3.8) is 0 Å². The normalized spacial score (nSPS) is 14.4. The molecule has 0 aliphatic carbocycles. The quantitative estimate of drug-likeness (QED) is 0.916. The number of rotatable bonds is 4. The maximum Gasteiger partial charge on any atom is 0.239 e. The zero-order valence-corrected chi connectivity index (χ0v) is 13.1. The average Bonchev–Trinajstić information content (AvgIpc) is 3.12. The first-order valence-electron chi connectivity index (χ1n) is 7.12. The van der Waals surface area contributed by atoms with Crippen LogP contribution in [0.25, 0.3) is 0 Å². The first kappa shape index (κ1) is 14.7. The number of fused-ring (bicyclic) bond motifs is 1. The molecule has 1 aliphatic rings. The standard InChI is InChI=1S/C14H16N6OS/c1-2-11-17-18-12-8-19(4-5-20(11)12)9-13(21)16-14-10(7-15)3-6-22-14/h3,6H,2,4-5,8-9H2,1H3,(H,16,21). The molecule has 0 saturated heterocycles. The predicted octanol–water partition coefficient (Wildman–Crippen LogP) is 1.23. The molecule has 7 nitrogen and oxygen atoms in total. The van der Waals surface area contributed by atoms with Gasteiger partial charge in [0.1, 0.15) is 22.7 Å². The van der Waals surface area contributed by atoms with E-state index in [1.807, 2.05) is 4.90 Å². The number of hydrogen-bond acceptors (Lipinski definition) is 6. The number of hydrogen-bond donors (Lipinski definition) is 1. The minimum Gasteiger partial charge on any atom is -0.315 e. The van der Waals surface area contributed by atoms with Crippen LogP contribution in [0.4, 0.5) is 5.00 Å². The Hall–Kier alpha value is -2.24. The van der Waals surface area contributed by atoms with Gasteiger partial charge in [-0.1, -0.05) is 6.92 Å². The second-order valence-corrected chi connectivity index (χ2v) is 5.99. The van der Waals surface area contributed by atoms with Gasteiger partial charge in [-0.05, 0) is 11.4 Å². The van der Waals surface area contributed by atoms with Gasteiger partial charge in [-0.15, -0.1) is 21.5 Å². The Labute approximate surface area is 132 Å². The van der Waals surface area contributed by atoms with E-state index in [4.69, 9.17) is 5.26 Å². The van der Waals surface area contributed by atoms with Crippen molar-refractivity contribution >= 4 is 22.2 Å². The molecule has 0 saturated carbocycles. The highest BCUT2D eigenvalue weighted by molar-refractivity contribution is 7.14. The first-order chi connectivity index (χ1) is 10.7. The lowest BCUT2D eigenvalue weighted by molar-refractivity contribution is -0.117. The monoisotopic (exact) mass is 316 g/mol. The molecule has 1 amide bonds. The molecule has 1 aliphatic heterocycles. The van der Waals surface area contributed by atoms with Crippen LogP contribution in [-0.4, -0.2) is 38.7 Å². The van der Waals surface area contributed by atoms with E-state index in [9.17, 15) is 4.79 Å². The van der Waals surface area contributed by atoms with Crippen molar-refractivity contribution in [2.75, 3.05) is 18.4 Å². The Morgan fingerprint density at radius 2 is 2.36 bits per heavy atom. The largest absolute Gasteiger partial charge is 0.315 e. The summed E-state index contributed by atoms with van der Waals surface area (Å²) >= 11 is 1.36. The van der Waals surface area contributed by atoms with Crippen molar-refractivity contribution in [2.45, 2.75) is 26.4 Å². The summed E-state index contributed by atoms with van der Waals surface area (Å²) in [7, 11) is 0. The molecule has 114 valence electrons. The van der Waals surface area contributed by atoms with E-state index in [0.29, 0.717) is 17.1 Å². The van der Waals surface area contributed by atoms with Crippen LogP contribution in [0, 0.1) is 11.3 Å². The van der Waals surface area contributed by atoms with Crippen molar-refractivity contribution in [1.82, 2.24) is 19.7 Å². The molecule has 2 aromatic heterocycles. The zero-order chi connectivity index (χ0) is 15.5. The number of aromatic nitrogens is 3. The summed E-state index contributed by atoms with van der Waals surface area (Å²) < 4.78 is 2.13. The third-order valence-corrected chi connectivity index (χ3v) is 4.46. The molecule has 0 atom stereocenters. The number of nitrogens with zero attached hydrogens (tertiary/aromatic N) is 5. The maximum absolute atomic E-state index is 12.1. The Balaban J connectivity index is 1.60. The summed E-state index contributed by atoms with van der Waals surface area (Å²) in [5.74, 6) is 1.80. The van der Waals surface area contributed by atoms with E-state index in [1.54, 1.807) is 11.4 Å². The minimum absolute atomic E-state index is 0.109. The number of nitrogens with one attached hydrogen (secondary N) is 1. The second kappa shape index (κ2) is 6.25. The lowest BCUT2D eigenvalue weighted by Gasteiger charge is -2.26. The number of thiophene rings is 1. The van der Waals surface area contributed by atoms with E-state index in [-0.39, 0.29) is 12.5 Å². The van der Waals surface area contributed by atoms with E-state index < -0.39 is 0 Å². The van der Waals surface area contributed by atoms with Crippen molar-refractivity contribution in [3.05, 3.63) is 28.7 Å². The smallest absolute Gasteiger partial charge is 0.239 e. The summed E-state index contributed by atoms with van der Waals surface area (Å²) in [6.07, 6.45) is 0.864. The molecule has 3 heterocycles. The molecule has 8 heteroatoms. The highest BCUT2D eigenvalue weighted by Crippen LogP contribution is 2.22. The van der Waals surface area contributed by atoms with Gasteiger partial charge in [0, 0.05) is 19.5 Å². The van der Waals surface area contributed by atoms with E-state index in [1.165, 1.54) is 11.3 Å². The lowest BCUT2D eigenvalue weighted by Crippen LogP contribution is -2.39. The van der Waals surface area contributed by atoms with Gasteiger partial charge in [-0.2, -0.15) is 5.26 Å². The lowest BCUT2D eigenvalue weighted by atomic mass is 10.3. The van der Waals surface area contributed by atoms with Gasteiger partial charge in [0.15, 0.2) is 0 Å². The molecule has 0 radical (unpaired) electrons. The number of aryl methyl sites for hydroxylation is 1. The molecule has 22 heavy (non-hydrogen) atoms. The van der Waals surface area contributed by atoms with Crippen LogP contribution >= 0.6 is 11.3 Å². The van der Waals surface area contributed by atoms with E-state index in [0.717, 1.165) is 31.2 Å². The molecule has 0 fully saturated rings. The summed E-state index contributed by atoms with van der Waals surface area (Å²) in [6, 6.07) is 3.77. The predicted molar refractivity (Wildman–Crippen MR) is 82.3 cm³/mol. The Bertz CT molecular complexity index is 728. The van der Waals surface area contributed by atoms with Crippen LogP contribution in [0.3, 0.4) is 0 Å². The van der Waals surface area contributed by atoms with Gasteiger partial charge in [0.05, 0.1) is 18.7 Å². The highest BCUT2D eigenvalue weighted by Gasteiger charge is 2.22. The number of anilines is 1. The van der Waals surface area contributed by atoms with Gasteiger partial charge >= 0.3 is 0 Å². The minimum atomic E-state index is -0.109. The topological polar surface area (TPSA) is 86.8 Å². The van der Waals surface area contributed by atoms with Gasteiger partial charge in [0.25, 0.3) is 0 Å². The van der Waals surface area contributed by atoms with Crippen LogP contribution in [0.2, 0.25) is 0 Å². The molecule has 0 spiro atoms. The number of nitriles is 1. The van der Waals surface area contributed by atoms with Gasteiger partial charge < -0.3 is 9.88 Å². The van der Waals surface area contributed by atoms with Crippen LogP contribution < -0.4 is 5.32 Å². The second-order valence-electron chi connectivity index (χ2n) is 5.07. The molecule has 3 rings (SSSR count). The summed E-state index contributed by atoms with van der Waals surface area (Å²) in [6.45, 7) is 4.57.